The molecule has 3 heteroatoms. The Balaban J connectivity index is 2.78. The van der Waals surface area contributed by atoms with Gasteiger partial charge in [-0.25, -0.2) is 4.98 Å². The summed E-state index contributed by atoms with van der Waals surface area (Å²) in [6, 6.07) is 0.547. The summed E-state index contributed by atoms with van der Waals surface area (Å²) in [7, 11) is 0. The van der Waals surface area contributed by atoms with Gasteiger partial charge in [0.05, 0.1) is 12.0 Å². The first-order valence-corrected chi connectivity index (χ1v) is 5.29. The molecular formula is C11H21N3. The van der Waals surface area contributed by atoms with Gasteiger partial charge >= 0.3 is 0 Å². The van der Waals surface area contributed by atoms with Crippen LogP contribution < -0.4 is 5.73 Å². The average molecular weight is 195 g/mol. The van der Waals surface area contributed by atoms with Crippen LogP contribution in [0.15, 0.2) is 12.5 Å². The van der Waals surface area contributed by atoms with Gasteiger partial charge < -0.3 is 10.3 Å². The van der Waals surface area contributed by atoms with Crippen molar-refractivity contribution in [1.29, 1.82) is 0 Å². The minimum Gasteiger partial charge on any atom is -0.330 e. The first-order valence-electron chi connectivity index (χ1n) is 5.29. The Morgan fingerprint density at radius 1 is 1.36 bits per heavy atom. The van der Waals surface area contributed by atoms with Gasteiger partial charge in [0, 0.05) is 18.3 Å². The van der Waals surface area contributed by atoms with Gasteiger partial charge in [0.2, 0.25) is 0 Å². The molecule has 1 rings (SSSR count). The second-order valence-corrected chi connectivity index (χ2v) is 4.49. The molecule has 0 saturated carbocycles. The molecule has 0 amide bonds. The molecule has 0 spiro atoms. The highest BCUT2D eigenvalue weighted by Gasteiger charge is 2.13. The van der Waals surface area contributed by atoms with Gasteiger partial charge in [-0.2, -0.15) is 0 Å². The molecule has 0 aromatic carbocycles. The van der Waals surface area contributed by atoms with Crippen LogP contribution in [0.4, 0.5) is 0 Å². The van der Waals surface area contributed by atoms with E-state index in [1.807, 2.05) is 19.4 Å². The van der Waals surface area contributed by atoms with Crippen molar-refractivity contribution in [3.63, 3.8) is 0 Å². The topological polar surface area (TPSA) is 43.8 Å². The Hall–Kier alpha value is -0.830. The fourth-order valence-corrected chi connectivity index (χ4v) is 1.83. The molecule has 0 bridgehead atoms. The van der Waals surface area contributed by atoms with E-state index in [0.29, 0.717) is 12.0 Å². The van der Waals surface area contributed by atoms with Crippen LogP contribution in [0, 0.1) is 5.92 Å². The quantitative estimate of drug-likeness (QED) is 0.802. The van der Waals surface area contributed by atoms with Crippen LogP contribution in [0.2, 0.25) is 0 Å². The van der Waals surface area contributed by atoms with Crippen molar-refractivity contribution in [2.75, 3.05) is 0 Å². The predicted molar refractivity (Wildman–Crippen MR) is 59.0 cm³/mol. The third-order valence-corrected chi connectivity index (χ3v) is 2.45. The largest absolute Gasteiger partial charge is 0.330 e. The van der Waals surface area contributed by atoms with E-state index in [1.165, 1.54) is 0 Å². The first-order chi connectivity index (χ1) is 6.52. The molecular weight excluding hydrogens is 174 g/mol. The van der Waals surface area contributed by atoms with E-state index >= 15 is 0 Å². The molecule has 1 aromatic rings. The van der Waals surface area contributed by atoms with Gasteiger partial charge in [0.15, 0.2) is 0 Å². The lowest BCUT2D eigenvalue weighted by atomic mass is 10.0. The highest BCUT2D eigenvalue weighted by atomic mass is 15.1. The van der Waals surface area contributed by atoms with E-state index in [2.05, 4.69) is 30.3 Å². The molecule has 0 aliphatic rings. The van der Waals surface area contributed by atoms with Crippen molar-refractivity contribution < 1.29 is 0 Å². The van der Waals surface area contributed by atoms with Gasteiger partial charge in [0.25, 0.3) is 0 Å². The Morgan fingerprint density at radius 3 is 2.50 bits per heavy atom. The molecule has 2 N–H and O–H groups in total. The van der Waals surface area contributed by atoms with Gasteiger partial charge in [0.1, 0.15) is 0 Å². The van der Waals surface area contributed by atoms with E-state index in [1.54, 1.807) is 0 Å². The van der Waals surface area contributed by atoms with E-state index in [9.17, 15) is 0 Å². The lowest BCUT2D eigenvalue weighted by molar-refractivity contribution is 0.414. The molecule has 0 radical (unpaired) electrons. The lowest BCUT2D eigenvalue weighted by Crippen LogP contribution is -2.15. The monoisotopic (exact) mass is 195 g/mol. The summed E-state index contributed by atoms with van der Waals surface area (Å²) < 4.78 is 2.19. The number of nitrogens with two attached hydrogens (primary N) is 1. The molecule has 0 fully saturated rings. The highest BCUT2D eigenvalue weighted by molar-refractivity contribution is 5.04. The first kappa shape index (κ1) is 11.2. The molecule has 0 aliphatic heterocycles. The van der Waals surface area contributed by atoms with Crippen molar-refractivity contribution in [3.8, 4) is 0 Å². The summed E-state index contributed by atoms with van der Waals surface area (Å²) in [5, 5.41) is 0. The van der Waals surface area contributed by atoms with Crippen molar-refractivity contribution >= 4 is 0 Å². The Bertz CT molecular complexity index is 276. The zero-order valence-corrected chi connectivity index (χ0v) is 9.57. The second-order valence-electron chi connectivity index (χ2n) is 4.49. The highest BCUT2D eigenvalue weighted by Crippen LogP contribution is 2.20. The van der Waals surface area contributed by atoms with Crippen LogP contribution in [0.25, 0.3) is 0 Å². The van der Waals surface area contributed by atoms with E-state index in [-0.39, 0.29) is 6.04 Å². The number of hydrogen-bond donors (Lipinski definition) is 1. The summed E-state index contributed by atoms with van der Waals surface area (Å²) in [6.07, 6.45) is 4.91. The third-order valence-electron chi connectivity index (χ3n) is 2.45. The molecule has 80 valence electrons. The summed E-state index contributed by atoms with van der Waals surface area (Å²) in [5.74, 6) is 0.702. The SMILES string of the molecule is CC(C)CC(C)n1cncc1C(C)N. The predicted octanol–water partition coefficient (Wildman–Crippen LogP) is 2.51. The van der Waals surface area contributed by atoms with E-state index in [0.717, 1.165) is 12.1 Å². The third kappa shape index (κ3) is 2.58. The zero-order chi connectivity index (χ0) is 10.7. The van der Waals surface area contributed by atoms with Crippen molar-refractivity contribution in [2.45, 2.75) is 46.2 Å². The van der Waals surface area contributed by atoms with Gasteiger partial charge in [-0.15, -0.1) is 0 Å². The van der Waals surface area contributed by atoms with Crippen LogP contribution in [0.3, 0.4) is 0 Å². The number of rotatable bonds is 4. The van der Waals surface area contributed by atoms with E-state index in [4.69, 9.17) is 5.73 Å². The number of nitrogens with zero attached hydrogens (tertiary/aromatic N) is 2. The Labute approximate surface area is 86.3 Å². The maximum Gasteiger partial charge on any atom is 0.0951 e. The molecule has 3 nitrogen and oxygen atoms in total. The Kier molecular flexibility index (Phi) is 3.69. The van der Waals surface area contributed by atoms with Crippen molar-refractivity contribution in [1.82, 2.24) is 9.55 Å². The Morgan fingerprint density at radius 2 is 2.00 bits per heavy atom. The van der Waals surface area contributed by atoms with Crippen molar-refractivity contribution in [2.24, 2.45) is 11.7 Å². The van der Waals surface area contributed by atoms with Crippen LogP contribution in [0.5, 0.6) is 0 Å². The van der Waals surface area contributed by atoms with E-state index < -0.39 is 0 Å². The summed E-state index contributed by atoms with van der Waals surface area (Å²) in [5.41, 5.74) is 6.99. The second kappa shape index (κ2) is 4.60. The lowest BCUT2D eigenvalue weighted by Gasteiger charge is -2.19. The normalized spacial score (nSPS) is 15.9. The average Bonchev–Trinajstić information content (AvgIpc) is 2.49. The molecule has 2 unspecified atom stereocenters. The summed E-state index contributed by atoms with van der Waals surface area (Å²) >= 11 is 0. The zero-order valence-electron chi connectivity index (χ0n) is 9.57. The molecule has 0 saturated heterocycles. The van der Waals surface area contributed by atoms with Crippen molar-refractivity contribution in [3.05, 3.63) is 18.2 Å². The molecule has 1 aromatic heterocycles. The molecule has 0 aliphatic carbocycles. The van der Waals surface area contributed by atoms with Gasteiger partial charge in [-0.1, -0.05) is 13.8 Å². The number of imidazole rings is 1. The minimum absolute atomic E-state index is 0.0621. The maximum atomic E-state index is 5.87. The molecule has 1 heterocycles. The van der Waals surface area contributed by atoms with Crippen LogP contribution in [0.1, 0.15) is 51.9 Å². The number of hydrogen-bond acceptors (Lipinski definition) is 2. The molecule has 2 atom stereocenters. The fourth-order valence-electron chi connectivity index (χ4n) is 1.83. The van der Waals surface area contributed by atoms with Crippen LogP contribution in [-0.4, -0.2) is 9.55 Å². The van der Waals surface area contributed by atoms with Crippen LogP contribution >= 0.6 is 0 Å². The maximum absolute atomic E-state index is 5.87. The van der Waals surface area contributed by atoms with Gasteiger partial charge in [-0.05, 0) is 26.2 Å². The van der Waals surface area contributed by atoms with Gasteiger partial charge in [-0.3, -0.25) is 0 Å². The molecule has 14 heavy (non-hydrogen) atoms. The standard InChI is InChI=1S/C11H21N3/c1-8(2)5-9(3)14-7-13-6-11(14)10(4)12/h6-10H,5,12H2,1-4H3. The summed E-state index contributed by atoms with van der Waals surface area (Å²) in [6.45, 7) is 8.68. The summed E-state index contributed by atoms with van der Waals surface area (Å²) in [4.78, 5) is 4.15. The number of aromatic nitrogens is 2. The smallest absolute Gasteiger partial charge is 0.0951 e. The van der Waals surface area contributed by atoms with Crippen LogP contribution in [-0.2, 0) is 0 Å². The minimum atomic E-state index is 0.0621. The fraction of sp³-hybridized carbons (Fsp3) is 0.727.